The van der Waals surface area contributed by atoms with Crippen LogP contribution in [-0.2, 0) is 20.7 Å². The molecule has 0 unspecified atom stereocenters. The molecule has 2 aliphatic heterocycles. The van der Waals surface area contributed by atoms with E-state index in [1.54, 1.807) is 15.9 Å². The number of benzene rings is 2. The quantitative estimate of drug-likeness (QED) is 0.591. The third-order valence-corrected chi connectivity index (χ3v) is 5.73. The predicted molar refractivity (Wildman–Crippen MR) is 119 cm³/mol. The maximum Gasteiger partial charge on any atom is 0.265 e. The number of para-hydroxylation sites is 2. The Hall–Kier alpha value is -3.72. The Labute approximate surface area is 190 Å². The number of nitrogens with zero attached hydrogens (tertiary/aromatic N) is 4. The Morgan fingerprint density at radius 1 is 1.00 bits per heavy atom. The maximum absolute atomic E-state index is 13.2. The van der Waals surface area contributed by atoms with Gasteiger partial charge in [-0.25, -0.2) is 0 Å². The van der Waals surface area contributed by atoms with Crippen molar-refractivity contribution < 1.29 is 23.6 Å². The van der Waals surface area contributed by atoms with Crippen molar-refractivity contribution in [2.75, 3.05) is 37.7 Å². The Bertz CT molecular complexity index is 1130. The Kier molecular flexibility index (Phi) is 6.03. The van der Waals surface area contributed by atoms with Crippen LogP contribution in [0.2, 0.25) is 0 Å². The second-order valence-electron chi connectivity index (χ2n) is 7.89. The molecule has 2 aliphatic rings. The van der Waals surface area contributed by atoms with Crippen molar-refractivity contribution in [1.82, 2.24) is 15.0 Å². The van der Waals surface area contributed by atoms with E-state index in [-0.39, 0.29) is 24.8 Å². The lowest BCUT2D eigenvalue weighted by Crippen LogP contribution is -2.54. The fraction of sp³-hybridized carbons (Fsp3) is 0.333. The van der Waals surface area contributed by atoms with Crippen molar-refractivity contribution in [1.29, 1.82) is 0 Å². The molecule has 2 aromatic carbocycles. The number of ether oxygens (including phenoxy) is 2. The molecular weight excluding hydrogens is 424 g/mol. The van der Waals surface area contributed by atoms with Gasteiger partial charge in [0.05, 0.1) is 25.4 Å². The summed E-state index contributed by atoms with van der Waals surface area (Å²) in [6.07, 6.45) is -0.279. The van der Waals surface area contributed by atoms with Gasteiger partial charge in [-0.05, 0) is 12.1 Å². The lowest BCUT2D eigenvalue weighted by Gasteiger charge is -2.37. The van der Waals surface area contributed by atoms with Crippen molar-refractivity contribution >= 4 is 17.5 Å². The molecule has 0 saturated carbocycles. The van der Waals surface area contributed by atoms with Crippen molar-refractivity contribution in [2.45, 2.75) is 18.9 Å². The van der Waals surface area contributed by atoms with Gasteiger partial charge in [0.15, 0.2) is 6.10 Å². The third kappa shape index (κ3) is 4.58. The van der Waals surface area contributed by atoms with Crippen LogP contribution in [0.15, 0.2) is 59.1 Å². The number of hydrogen-bond acceptors (Lipinski definition) is 7. The van der Waals surface area contributed by atoms with Crippen LogP contribution in [0.25, 0.3) is 11.4 Å². The van der Waals surface area contributed by atoms with Gasteiger partial charge in [0.1, 0.15) is 5.75 Å². The number of aryl methyl sites for hydroxylation is 1. The zero-order valence-corrected chi connectivity index (χ0v) is 18.1. The van der Waals surface area contributed by atoms with Crippen LogP contribution in [0.1, 0.15) is 12.3 Å². The largest absolute Gasteiger partial charge is 0.476 e. The summed E-state index contributed by atoms with van der Waals surface area (Å²) in [6, 6.07) is 16.8. The first-order valence-corrected chi connectivity index (χ1v) is 11.0. The molecule has 3 heterocycles. The second kappa shape index (κ2) is 9.41. The molecule has 2 amide bonds. The first-order valence-electron chi connectivity index (χ1n) is 11.0. The molecule has 0 spiro atoms. The number of fused-ring (bicyclic) bond motifs is 1. The first kappa shape index (κ1) is 21.1. The zero-order valence-electron chi connectivity index (χ0n) is 18.1. The number of rotatable bonds is 5. The topological polar surface area (TPSA) is 98.0 Å². The minimum absolute atomic E-state index is 0.130. The lowest BCUT2D eigenvalue weighted by atomic mass is 10.1. The van der Waals surface area contributed by atoms with Crippen molar-refractivity contribution in [2.24, 2.45) is 0 Å². The lowest BCUT2D eigenvalue weighted by molar-refractivity contribution is -0.142. The Morgan fingerprint density at radius 3 is 2.58 bits per heavy atom. The zero-order chi connectivity index (χ0) is 22.6. The summed E-state index contributed by atoms with van der Waals surface area (Å²) in [6.45, 7) is 2.22. The minimum Gasteiger partial charge on any atom is -0.476 e. The molecule has 0 N–H and O–H groups in total. The van der Waals surface area contributed by atoms with Gasteiger partial charge in [-0.2, -0.15) is 4.98 Å². The van der Waals surface area contributed by atoms with E-state index >= 15 is 0 Å². The van der Waals surface area contributed by atoms with Gasteiger partial charge in [-0.15, -0.1) is 0 Å². The number of anilines is 1. The van der Waals surface area contributed by atoms with Crippen LogP contribution in [0.3, 0.4) is 0 Å². The van der Waals surface area contributed by atoms with Gasteiger partial charge >= 0.3 is 0 Å². The van der Waals surface area contributed by atoms with E-state index in [0.717, 1.165) is 5.56 Å². The number of aromatic nitrogens is 2. The van der Waals surface area contributed by atoms with Crippen LogP contribution < -0.4 is 9.64 Å². The summed E-state index contributed by atoms with van der Waals surface area (Å²) < 4.78 is 16.6. The maximum atomic E-state index is 13.2. The van der Waals surface area contributed by atoms with Crippen LogP contribution in [0, 0.1) is 0 Å². The highest BCUT2D eigenvalue weighted by atomic mass is 16.5. The highest BCUT2D eigenvalue weighted by molar-refractivity contribution is 5.97. The van der Waals surface area contributed by atoms with Crippen molar-refractivity contribution in [3.63, 3.8) is 0 Å². The van der Waals surface area contributed by atoms with Gasteiger partial charge in [-0.3, -0.25) is 9.59 Å². The first-order chi connectivity index (χ1) is 16.2. The normalized spacial score (nSPS) is 17.9. The molecule has 0 radical (unpaired) electrons. The van der Waals surface area contributed by atoms with E-state index in [1.807, 2.05) is 48.5 Å². The van der Waals surface area contributed by atoms with E-state index in [1.165, 1.54) is 0 Å². The van der Waals surface area contributed by atoms with Crippen LogP contribution in [0.5, 0.6) is 5.75 Å². The molecule has 1 atom stereocenters. The smallest absolute Gasteiger partial charge is 0.265 e. The van der Waals surface area contributed by atoms with Crippen molar-refractivity contribution in [3.8, 4) is 17.1 Å². The third-order valence-electron chi connectivity index (χ3n) is 5.73. The minimum atomic E-state index is -0.755. The second-order valence-corrected chi connectivity index (χ2v) is 7.89. The molecule has 0 aliphatic carbocycles. The molecule has 5 rings (SSSR count). The number of hydrogen-bond donors (Lipinski definition) is 0. The molecule has 1 aromatic heterocycles. The molecule has 0 bridgehead atoms. The van der Waals surface area contributed by atoms with Crippen LogP contribution in [-0.4, -0.2) is 65.8 Å². The summed E-state index contributed by atoms with van der Waals surface area (Å²) in [7, 11) is 0. The molecule has 1 fully saturated rings. The molecule has 1 saturated heterocycles. The van der Waals surface area contributed by atoms with Gasteiger partial charge < -0.3 is 23.8 Å². The van der Waals surface area contributed by atoms with E-state index in [9.17, 15) is 9.59 Å². The van der Waals surface area contributed by atoms with E-state index < -0.39 is 6.10 Å². The Morgan fingerprint density at radius 2 is 1.76 bits per heavy atom. The molecule has 9 nitrogen and oxygen atoms in total. The molecule has 3 aromatic rings. The fourth-order valence-electron chi connectivity index (χ4n) is 4.00. The number of carbonyl (C=O) groups excluding carboxylic acids is 2. The highest BCUT2D eigenvalue weighted by Crippen LogP contribution is 2.34. The molecule has 33 heavy (non-hydrogen) atoms. The SMILES string of the molecule is O=C([C@@H]1CN(C(=O)CCc2nc(-c3ccccc3)no2)c2ccccc2O1)N1CCOCC1. The summed E-state index contributed by atoms with van der Waals surface area (Å²) in [5, 5.41) is 4.01. The van der Waals surface area contributed by atoms with Gasteiger partial charge in [-0.1, -0.05) is 47.6 Å². The van der Waals surface area contributed by atoms with Crippen LogP contribution in [0.4, 0.5) is 5.69 Å². The fourth-order valence-corrected chi connectivity index (χ4v) is 4.00. The monoisotopic (exact) mass is 448 g/mol. The van der Waals surface area contributed by atoms with Crippen LogP contribution >= 0.6 is 0 Å². The number of amides is 2. The highest BCUT2D eigenvalue weighted by Gasteiger charge is 2.36. The number of carbonyl (C=O) groups is 2. The average Bonchev–Trinajstić information content (AvgIpc) is 3.36. The van der Waals surface area contributed by atoms with Gasteiger partial charge in [0.25, 0.3) is 5.91 Å². The van der Waals surface area contributed by atoms with E-state index in [2.05, 4.69) is 10.1 Å². The molecule has 170 valence electrons. The summed E-state index contributed by atoms with van der Waals surface area (Å²) in [4.78, 5) is 34.0. The molecular formula is C24H24N4O5. The van der Waals surface area contributed by atoms with Gasteiger partial charge in [0, 0.05) is 31.5 Å². The van der Waals surface area contributed by atoms with Crippen molar-refractivity contribution in [3.05, 3.63) is 60.5 Å². The summed E-state index contributed by atoms with van der Waals surface area (Å²) >= 11 is 0. The molecule has 9 heteroatoms. The summed E-state index contributed by atoms with van der Waals surface area (Å²) in [5.41, 5.74) is 1.51. The Balaban J connectivity index is 1.28. The van der Waals surface area contributed by atoms with E-state index in [0.29, 0.717) is 55.9 Å². The predicted octanol–water partition coefficient (Wildman–Crippen LogP) is 2.32. The number of morpholine rings is 1. The van der Waals surface area contributed by atoms with Gasteiger partial charge in [0.2, 0.25) is 17.6 Å². The average molecular weight is 448 g/mol. The standard InChI is InChI=1S/C24H24N4O5/c29-22(11-10-21-25-23(26-33-21)17-6-2-1-3-7-17)28-16-20(24(30)27-12-14-31-15-13-27)32-19-9-5-4-8-18(19)28/h1-9,20H,10-16H2/t20-/m0/s1. The summed E-state index contributed by atoms with van der Waals surface area (Å²) in [5.74, 6) is 1.14. The van der Waals surface area contributed by atoms with E-state index in [4.69, 9.17) is 14.0 Å².